The van der Waals surface area contributed by atoms with E-state index in [9.17, 15) is 4.39 Å². The molecule has 10 rings (SSSR count). The van der Waals surface area contributed by atoms with Gasteiger partial charge in [0.1, 0.15) is 11.3 Å². The summed E-state index contributed by atoms with van der Waals surface area (Å²) in [5.41, 5.74) is 13.9. The Morgan fingerprint density at radius 1 is 0.483 bits per heavy atom. The van der Waals surface area contributed by atoms with Crippen LogP contribution in [0.3, 0.4) is 0 Å². The highest BCUT2D eigenvalue weighted by atomic mass is 32.1. The fourth-order valence-electron chi connectivity index (χ4n) is 7.65. The number of fused-ring (bicyclic) bond motifs is 2. The molecule has 0 spiro atoms. The first-order valence-electron chi connectivity index (χ1n) is 19.0. The molecule has 2 aromatic heterocycles. The summed E-state index contributed by atoms with van der Waals surface area (Å²) in [5.74, 6) is -0.285. The summed E-state index contributed by atoms with van der Waals surface area (Å²) in [6.07, 6.45) is 0. The van der Waals surface area contributed by atoms with E-state index in [1.807, 2.05) is 28.9 Å². The van der Waals surface area contributed by atoms with E-state index in [-0.39, 0.29) is 5.82 Å². The lowest BCUT2D eigenvalue weighted by atomic mass is 9.94. The highest BCUT2D eigenvalue weighted by molar-refractivity contribution is 7.00. The van der Waals surface area contributed by atoms with Crippen molar-refractivity contribution in [1.82, 2.24) is 23.7 Å². The molecule has 0 atom stereocenters. The normalized spacial score (nSPS) is 11.3. The van der Waals surface area contributed by atoms with Gasteiger partial charge in [0.15, 0.2) is 0 Å². The molecule has 278 valence electrons. The van der Waals surface area contributed by atoms with Gasteiger partial charge < -0.3 is 9.80 Å². The molecule has 0 aliphatic carbocycles. The maximum Gasteiger partial charge on any atom is 0.279 e. The van der Waals surface area contributed by atoms with Crippen molar-refractivity contribution >= 4 is 67.9 Å². The number of nitrogens with zero attached hydrogens (tertiary/aromatic N) is 7. The van der Waals surface area contributed by atoms with Gasteiger partial charge in [0.2, 0.25) is 0 Å². The van der Waals surface area contributed by atoms with Crippen LogP contribution in [0.1, 0.15) is 5.56 Å². The Morgan fingerprint density at radius 2 is 0.914 bits per heavy atom. The van der Waals surface area contributed by atoms with Crippen LogP contribution in [-0.2, 0) is 6.54 Å². The number of hydrogen-bond acceptors (Lipinski definition) is 5. The standard InChI is InChI=1S/C49H34FN7S/c50-37-27-21-34(22-28-37)33-55-49-45(36-25-31-43(32-26-36)57(40-17-9-3-10-18-40)41-19-11-4-12-20-41)47-46(52-58-53-47)44(48(49)51-54-55)35-23-29-42(30-24-35)56(38-13-5-1-6-14-38)39-15-7-2-8-16-39/h1-32H,33H2. The molecule has 0 unspecified atom stereocenters. The molecule has 0 aliphatic heterocycles. The van der Waals surface area contributed by atoms with E-state index in [4.69, 9.17) is 19.1 Å². The van der Waals surface area contributed by atoms with E-state index >= 15 is 0 Å². The number of hydrogen-bond donors (Lipinski definition) is 0. The number of aromatic nitrogens is 5. The van der Waals surface area contributed by atoms with E-state index < -0.39 is 0 Å². The summed E-state index contributed by atoms with van der Waals surface area (Å²) >= 11 is 1.19. The van der Waals surface area contributed by atoms with Gasteiger partial charge in [-0.05, 0) is 102 Å². The molecule has 0 aliphatic rings. The fourth-order valence-corrected chi connectivity index (χ4v) is 8.21. The van der Waals surface area contributed by atoms with Crippen LogP contribution in [0.5, 0.6) is 0 Å². The first-order valence-corrected chi connectivity index (χ1v) is 19.7. The van der Waals surface area contributed by atoms with Gasteiger partial charge in [-0.15, -0.1) is 5.10 Å². The first-order chi connectivity index (χ1) is 28.7. The summed E-state index contributed by atoms with van der Waals surface area (Å²) in [4.78, 5) is 4.48. The molecule has 0 N–H and O–H groups in total. The van der Waals surface area contributed by atoms with Gasteiger partial charge in [-0.3, -0.25) is 0 Å². The molecule has 10 aromatic rings. The predicted octanol–water partition coefficient (Wildman–Crippen LogP) is 12.7. The first kappa shape index (κ1) is 35.0. The van der Waals surface area contributed by atoms with Gasteiger partial charge in [-0.2, -0.15) is 8.75 Å². The Bertz CT molecular complexity index is 2880. The Kier molecular flexibility index (Phi) is 9.17. The van der Waals surface area contributed by atoms with Crippen molar-refractivity contribution in [3.63, 3.8) is 0 Å². The largest absolute Gasteiger partial charge is 0.311 e. The molecule has 2 heterocycles. The van der Waals surface area contributed by atoms with E-state index in [1.54, 1.807) is 12.1 Å². The number of anilines is 6. The third-order valence-electron chi connectivity index (χ3n) is 10.3. The number of halogens is 1. The average molecular weight is 772 g/mol. The predicted molar refractivity (Wildman–Crippen MR) is 234 cm³/mol. The molecule has 0 amide bonds. The minimum Gasteiger partial charge on any atom is -0.311 e. The Balaban J connectivity index is 1.12. The van der Waals surface area contributed by atoms with Gasteiger partial charge in [-0.1, -0.05) is 114 Å². The lowest BCUT2D eigenvalue weighted by molar-refractivity contribution is 0.624. The number of benzene rings is 8. The third-order valence-corrected chi connectivity index (χ3v) is 10.8. The Labute approximate surface area is 338 Å². The quantitative estimate of drug-likeness (QED) is 0.129. The van der Waals surface area contributed by atoms with Crippen LogP contribution in [0, 0.1) is 5.82 Å². The second-order valence-corrected chi connectivity index (χ2v) is 14.4. The van der Waals surface area contributed by atoms with Crippen molar-refractivity contribution in [3.8, 4) is 22.3 Å². The van der Waals surface area contributed by atoms with Crippen molar-refractivity contribution in [2.24, 2.45) is 0 Å². The maximum atomic E-state index is 14.0. The molecule has 0 fully saturated rings. The summed E-state index contributed by atoms with van der Waals surface area (Å²) in [6, 6.07) is 65.0. The van der Waals surface area contributed by atoms with Gasteiger partial charge >= 0.3 is 0 Å². The van der Waals surface area contributed by atoms with Crippen LogP contribution in [0.15, 0.2) is 194 Å². The lowest BCUT2D eigenvalue weighted by Gasteiger charge is -2.26. The van der Waals surface area contributed by atoms with Crippen LogP contribution in [0.25, 0.3) is 44.3 Å². The fraction of sp³-hybridized carbons (Fsp3) is 0.0204. The molecule has 58 heavy (non-hydrogen) atoms. The second kappa shape index (κ2) is 15.2. The smallest absolute Gasteiger partial charge is 0.279 e. The van der Waals surface area contributed by atoms with Crippen LogP contribution < -0.4 is 14.2 Å². The highest BCUT2D eigenvalue weighted by Crippen LogP contribution is 2.44. The van der Waals surface area contributed by atoms with E-state index in [1.165, 1.54) is 23.9 Å². The van der Waals surface area contributed by atoms with Crippen LogP contribution in [0.4, 0.5) is 38.5 Å². The summed E-state index contributed by atoms with van der Waals surface area (Å²) in [6.45, 7) is 0.391. The van der Waals surface area contributed by atoms with Crippen molar-refractivity contribution in [2.45, 2.75) is 6.54 Å². The average Bonchev–Trinajstić information content (AvgIpc) is 3.94. The summed E-state index contributed by atoms with van der Waals surface area (Å²) < 4.78 is 25.8. The van der Waals surface area contributed by atoms with E-state index in [2.05, 4.69) is 155 Å². The van der Waals surface area contributed by atoms with Crippen LogP contribution in [0.2, 0.25) is 0 Å². The van der Waals surface area contributed by atoms with E-state index in [0.717, 1.165) is 78.5 Å². The third kappa shape index (κ3) is 6.53. The van der Waals surface area contributed by atoms with Crippen molar-refractivity contribution in [1.29, 1.82) is 0 Å². The van der Waals surface area contributed by atoms with Crippen molar-refractivity contribution in [2.75, 3.05) is 9.80 Å². The van der Waals surface area contributed by atoms with Gasteiger partial charge in [-0.25, -0.2) is 9.07 Å². The summed E-state index contributed by atoms with van der Waals surface area (Å²) in [7, 11) is 0. The topological polar surface area (TPSA) is 64.2 Å². The molecular weight excluding hydrogens is 738 g/mol. The molecule has 7 nitrogen and oxygen atoms in total. The van der Waals surface area contributed by atoms with Crippen molar-refractivity contribution in [3.05, 3.63) is 206 Å². The highest BCUT2D eigenvalue weighted by Gasteiger charge is 2.24. The molecule has 0 saturated heterocycles. The summed E-state index contributed by atoms with van der Waals surface area (Å²) in [5, 5.41) is 9.60. The van der Waals surface area contributed by atoms with Gasteiger partial charge in [0.25, 0.3) is 11.7 Å². The molecule has 8 aromatic carbocycles. The second-order valence-electron chi connectivity index (χ2n) is 13.9. The minimum absolute atomic E-state index is 0.285. The van der Waals surface area contributed by atoms with Gasteiger partial charge in [0.05, 0.1) is 12.1 Å². The molecule has 0 radical (unpaired) electrons. The van der Waals surface area contributed by atoms with E-state index in [0.29, 0.717) is 12.1 Å². The van der Waals surface area contributed by atoms with Crippen LogP contribution in [-0.4, -0.2) is 19.4 Å². The zero-order valence-electron chi connectivity index (χ0n) is 31.1. The zero-order chi connectivity index (χ0) is 38.8. The molecule has 0 saturated carbocycles. The number of rotatable bonds is 10. The molecule has 0 bridgehead atoms. The monoisotopic (exact) mass is 771 g/mol. The molecule has 9 heteroatoms. The zero-order valence-corrected chi connectivity index (χ0v) is 31.9. The minimum atomic E-state index is -0.285. The van der Waals surface area contributed by atoms with Crippen molar-refractivity contribution < 1.29 is 4.39 Å². The maximum absolute atomic E-state index is 14.0. The lowest BCUT2D eigenvalue weighted by Crippen LogP contribution is -2.09. The number of para-hydroxylation sites is 4. The van der Waals surface area contributed by atoms with Gasteiger partial charge in [0, 0.05) is 56.3 Å². The SMILES string of the molecule is Fc1ccc(Cn2nnc3c(-c4ccc(N(c5ccccc5)c5ccccc5)cc4)c4[n-][s+]nc4c(-c4ccc(N(c5ccccc5)c5ccccc5)cc4)c32)cc1. The molecular formula is C49H34FN7S. The Hall–Kier alpha value is -7.49. The Morgan fingerprint density at radius 3 is 1.38 bits per heavy atom. The van der Waals surface area contributed by atoms with Crippen LogP contribution >= 0.6 is 11.7 Å².